The van der Waals surface area contributed by atoms with Gasteiger partial charge in [-0.05, 0) is 52.3 Å². The van der Waals surface area contributed by atoms with Crippen LogP contribution in [-0.4, -0.2) is 0 Å². The zero-order chi connectivity index (χ0) is 13.5. The molecule has 0 saturated heterocycles. The van der Waals surface area contributed by atoms with E-state index in [4.69, 9.17) is 0 Å². The standard InChI is InChI=1S/C20H20/c1-2-3-5-14-8-9-17-11-10-15-6-4-7-16-12-13-18(14)20(17)19(15)16/h4,6,8-13,16H,2-3,5,7H2,1H3. The van der Waals surface area contributed by atoms with Crippen molar-refractivity contribution in [2.24, 2.45) is 0 Å². The van der Waals surface area contributed by atoms with Gasteiger partial charge in [0.05, 0.1) is 0 Å². The Balaban J connectivity index is 2.01. The average molecular weight is 260 g/mol. The number of unbranched alkanes of at least 4 members (excludes halogenated alkanes) is 1. The van der Waals surface area contributed by atoms with E-state index in [1.165, 1.54) is 46.7 Å². The van der Waals surface area contributed by atoms with E-state index in [1.807, 2.05) is 0 Å². The molecule has 0 nitrogen and oxygen atoms in total. The molecule has 0 N–H and O–H groups in total. The van der Waals surface area contributed by atoms with Crippen LogP contribution in [0.5, 0.6) is 0 Å². The maximum absolute atomic E-state index is 2.42. The largest absolute Gasteiger partial charge is 0.0830 e. The molecule has 0 radical (unpaired) electrons. The molecule has 0 heteroatoms. The number of benzene rings is 2. The Morgan fingerprint density at radius 2 is 2.00 bits per heavy atom. The van der Waals surface area contributed by atoms with Crippen LogP contribution in [0, 0.1) is 0 Å². The SMILES string of the molecule is CCCCc1ccc2ccc3c4c2c1C=CC4CC=C3. The number of allylic oxidation sites excluding steroid dienone is 2. The van der Waals surface area contributed by atoms with Gasteiger partial charge in [0.2, 0.25) is 0 Å². The minimum absolute atomic E-state index is 0.590. The summed E-state index contributed by atoms with van der Waals surface area (Å²) in [4.78, 5) is 0. The van der Waals surface area contributed by atoms with Crippen LogP contribution in [0.1, 0.15) is 54.4 Å². The summed E-state index contributed by atoms with van der Waals surface area (Å²) in [6, 6.07) is 9.23. The minimum atomic E-state index is 0.590. The number of hydrogen-bond donors (Lipinski definition) is 0. The first kappa shape index (κ1) is 12.0. The summed E-state index contributed by atoms with van der Waals surface area (Å²) < 4.78 is 0. The number of rotatable bonds is 3. The Kier molecular flexibility index (Phi) is 2.77. The lowest BCUT2D eigenvalue weighted by Gasteiger charge is -2.26. The maximum Gasteiger partial charge on any atom is 0.00682 e. The van der Waals surface area contributed by atoms with E-state index >= 15 is 0 Å². The van der Waals surface area contributed by atoms with Gasteiger partial charge >= 0.3 is 0 Å². The summed E-state index contributed by atoms with van der Waals surface area (Å²) in [6.45, 7) is 2.27. The average Bonchev–Trinajstić information content (AvgIpc) is 2.51. The highest BCUT2D eigenvalue weighted by Crippen LogP contribution is 2.42. The summed E-state index contributed by atoms with van der Waals surface area (Å²) in [5, 5.41) is 2.93. The van der Waals surface area contributed by atoms with E-state index in [-0.39, 0.29) is 0 Å². The normalized spacial score (nSPS) is 18.8. The number of hydrogen-bond acceptors (Lipinski definition) is 0. The third-order valence-corrected chi connectivity index (χ3v) is 4.74. The molecule has 0 heterocycles. The predicted octanol–water partition coefficient (Wildman–Crippen LogP) is 5.71. The topological polar surface area (TPSA) is 0 Å². The van der Waals surface area contributed by atoms with Crippen LogP contribution in [-0.2, 0) is 6.42 Å². The Hall–Kier alpha value is -1.82. The Bertz CT molecular complexity index is 731. The molecule has 1 unspecified atom stereocenters. The van der Waals surface area contributed by atoms with E-state index < -0.39 is 0 Å². The third kappa shape index (κ3) is 1.67. The Labute approximate surface area is 120 Å². The summed E-state index contributed by atoms with van der Waals surface area (Å²) in [7, 11) is 0. The Morgan fingerprint density at radius 3 is 2.90 bits per heavy atom. The molecule has 2 aliphatic carbocycles. The van der Waals surface area contributed by atoms with Crippen molar-refractivity contribution in [1.82, 2.24) is 0 Å². The fourth-order valence-electron chi connectivity index (χ4n) is 3.70. The molecular weight excluding hydrogens is 240 g/mol. The van der Waals surface area contributed by atoms with Gasteiger partial charge in [-0.15, -0.1) is 0 Å². The van der Waals surface area contributed by atoms with Crippen molar-refractivity contribution >= 4 is 22.9 Å². The zero-order valence-electron chi connectivity index (χ0n) is 12.0. The van der Waals surface area contributed by atoms with Gasteiger partial charge in [-0.1, -0.05) is 61.9 Å². The van der Waals surface area contributed by atoms with Gasteiger partial charge in [0.15, 0.2) is 0 Å². The molecule has 0 fully saturated rings. The second kappa shape index (κ2) is 4.63. The quantitative estimate of drug-likeness (QED) is 0.663. The van der Waals surface area contributed by atoms with Crippen molar-refractivity contribution in [3.63, 3.8) is 0 Å². The zero-order valence-corrected chi connectivity index (χ0v) is 12.0. The van der Waals surface area contributed by atoms with Gasteiger partial charge in [0.25, 0.3) is 0 Å². The first-order valence-electron chi connectivity index (χ1n) is 7.81. The van der Waals surface area contributed by atoms with E-state index in [2.05, 4.69) is 55.5 Å². The van der Waals surface area contributed by atoms with E-state index in [0.717, 1.165) is 6.42 Å². The molecule has 2 aromatic carbocycles. The van der Waals surface area contributed by atoms with Crippen molar-refractivity contribution in [1.29, 1.82) is 0 Å². The van der Waals surface area contributed by atoms with Crippen LogP contribution in [0.3, 0.4) is 0 Å². The molecule has 4 rings (SSSR count). The van der Waals surface area contributed by atoms with Crippen molar-refractivity contribution in [2.45, 2.75) is 38.5 Å². The molecular formula is C20H20. The van der Waals surface area contributed by atoms with Crippen LogP contribution in [0.15, 0.2) is 36.4 Å². The van der Waals surface area contributed by atoms with Crippen molar-refractivity contribution in [3.8, 4) is 0 Å². The first-order chi connectivity index (χ1) is 9.88. The van der Waals surface area contributed by atoms with Gasteiger partial charge in [-0.2, -0.15) is 0 Å². The van der Waals surface area contributed by atoms with Crippen LogP contribution in [0.2, 0.25) is 0 Å². The molecule has 100 valence electrons. The lowest BCUT2D eigenvalue weighted by Crippen LogP contribution is -2.07. The molecule has 20 heavy (non-hydrogen) atoms. The third-order valence-electron chi connectivity index (χ3n) is 4.74. The highest BCUT2D eigenvalue weighted by atomic mass is 14.3. The highest BCUT2D eigenvalue weighted by molar-refractivity contribution is 5.99. The second-order valence-electron chi connectivity index (χ2n) is 6.01. The van der Waals surface area contributed by atoms with Crippen molar-refractivity contribution in [2.75, 3.05) is 0 Å². The molecule has 0 saturated carbocycles. The van der Waals surface area contributed by atoms with Gasteiger partial charge in [-0.25, -0.2) is 0 Å². The molecule has 2 aromatic rings. The van der Waals surface area contributed by atoms with E-state index in [1.54, 1.807) is 5.56 Å². The Morgan fingerprint density at radius 1 is 1.10 bits per heavy atom. The first-order valence-corrected chi connectivity index (χ1v) is 7.81. The minimum Gasteiger partial charge on any atom is -0.0830 e. The van der Waals surface area contributed by atoms with Crippen LogP contribution in [0.4, 0.5) is 0 Å². The monoisotopic (exact) mass is 260 g/mol. The lowest BCUT2D eigenvalue weighted by atomic mass is 9.77. The lowest BCUT2D eigenvalue weighted by molar-refractivity contribution is 0.793. The van der Waals surface area contributed by atoms with E-state index in [0.29, 0.717) is 5.92 Å². The van der Waals surface area contributed by atoms with Crippen LogP contribution in [0.25, 0.3) is 22.9 Å². The second-order valence-corrected chi connectivity index (χ2v) is 6.01. The molecule has 0 bridgehead atoms. The summed E-state index contributed by atoms with van der Waals surface area (Å²) in [5.74, 6) is 0.590. The van der Waals surface area contributed by atoms with Crippen molar-refractivity contribution in [3.05, 3.63) is 58.7 Å². The van der Waals surface area contributed by atoms with Gasteiger partial charge in [0, 0.05) is 5.92 Å². The predicted molar refractivity (Wildman–Crippen MR) is 88.0 cm³/mol. The summed E-state index contributed by atoms with van der Waals surface area (Å²) in [5.41, 5.74) is 6.00. The number of aryl methyl sites for hydroxylation is 1. The van der Waals surface area contributed by atoms with Crippen molar-refractivity contribution < 1.29 is 0 Å². The maximum atomic E-state index is 2.42. The molecule has 1 atom stereocenters. The van der Waals surface area contributed by atoms with Gasteiger partial charge in [-0.3, -0.25) is 0 Å². The summed E-state index contributed by atoms with van der Waals surface area (Å²) >= 11 is 0. The fraction of sp³-hybridized carbons (Fsp3) is 0.300. The highest BCUT2D eigenvalue weighted by Gasteiger charge is 2.23. The van der Waals surface area contributed by atoms with Gasteiger partial charge < -0.3 is 0 Å². The van der Waals surface area contributed by atoms with Crippen LogP contribution < -0.4 is 0 Å². The van der Waals surface area contributed by atoms with Gasteiger partial charge in [0.1, 0.15) is 0 Å². The molecule has 0 aliphatic heterocycles. The molecule has 0 spiro atoms. The van der Waals surface area contributed by atoms with E-state index in [9.17, 15) is 0 Å². The molecule has 0 aromatic heterocycles. The molecule has 0 amide bonds. The summed E-state index contributed by atoms with van der Waals surface area (Å²) in [6.07, 6.45) is 14.3. The smallest absolute Gasteiger partial charge is 0.00682 e. The fourth-order valence-corrected chi connectivity index (χ4v) is 3.70. The van der Waals surface area contributed by atoms with Crippen LogP contribution >= 0.6 is 0 Å². The molecule has 2 aliphatic rings.